The molecule has 0 aliphatic rings. The van der Waals surface area contributed by atoms with E-state index in [1.54, 1.807) is 42.1 Å². The van der Waals surface area contributed by atoms with E-state index in [0.717, 1.165) is 11.4 Å². The molecule has 3 rings (SSSR count). The summed E-state index contributed by atoms with van der Waals surface area (Å²) in [7, 11) is 4.60. The number of aromatic nitrogens is 4. The molecule has 3 aromatic rings. The SMILES string of the molecule is COc1ccc(-n2nnnc2CNC(=O)c2cccc(OC)c2OC)cc1. The van der Waals surface area contributed by atoms with Crippen molar-refractivity contribution in [3.63, 3.8) is 0 Å². The van der Waals surface area contributed by atoms with Crippen LogP contribution in [0.3, 0.4) is 0 Å². The number of para-hydroxylation sites is 1. The van der Waals surface area contributed by atoms with Crippen molar-refractivity contribution in [3.05, 3.63) is 53.9 Å². The zero-order valence-corrected chi connectivity index (χ0v) is 15.2. The normalized spacial score (nSPS) is 10.3. The fourth-order valence-electron chi connectivity index (χ4n) is 2.56. The largest absolute Gasteiger partial charge is 0.497 e. The third-order valence-corrected chi connectivity index (χ3v) is 3.91. The molecule has 0 saturated heterocycles. The molecule has 9 heteroatoms. The lowest BCUT2D eigenvalue weighted by Crippen LogP contribution is -2.25. The van der Waals surface area contributed by atoms with Crippen molar-refractivity contribution < 1.29 is 19.0 Å². The van der Waals surface area contributed by atoms with Gasteiger partial charge in [-0.25, -0.2) is 0 Å². The number of nitrogens with zero attached hydrogens (tertiary/aromatic N) is 4. The van der Waals surface area contributed by atoms with E-state index < -0.39 is 0 Å². The van der Waals surface area contributed by atoms with Crippen LogP contribution in [0.1, 0.15) is 16.2 Å². The molecule has 1 heterocycles. The number of methoxy groups -OCH3 is 3. The molecule has 1 aromatic heterocycles. The molecule has 0 atom stereocenters. The molecule has 27 heavy (non-hydrogen) atoms. The van der Waals surface area contributed by atoms with Crippen molar-refractivity contribution in [1.82, 2.24) is 25.5 Å². The lowest BCUT2D eigenvalue weighted by atomic mass is 10.1. The van der Waals surface area contributed by atoms with Crippen LogP contribution >= 0.6 is 0 Å². The maximum Gasteiger partial charge on any atom is 0.255 e. The Bertz CT molecular complexity index is 924. The van der Waals surface area contributed by atoms with Gasteiger partial charge < -0.3 is 19.5 Å². The first-order valence-corrected chi connectivity index (χ1v) is 8.08. The van der Waals surface area contributed by atoms with Gasteiger partial charge in [-0.2, -0.15) is 4.68 Å². The smallest absolute Gasteiger partial charge is 0.255 e. The minimum absolute atomic E-state index is 0.137. The van der Waals surface area contributed by atoms with E-state index in [9.17, 15) is 4.79 Å². The Morgan fingerprint density at radius 3 is 2.48 bits per heavy atom. The van der Waals surface area contributed by atoms with Crippen LogP contribution in [0.5, 0.6) is 17.2 Å². The number of hydrogen-bond donors (Lipinski definition) is 1. The summed E-state index contributed by atoms with van der Waals surface area (Å²) in [6.45, 7) is 0.137. The molecular formula is C18H19N5O4. The van der Waals surface area contributed by atoms with Gasteiger partial charge in [0.05, 0.1) is 39.1 Å². The van der Waals surface area contributed by atoms with Crippen LogP contribution < -0.4 is 19.5 Å². The van der Waals surface area contributed by atoms with Crippen LogP contribution in [-0.4, -0.2) is 47.4 Å². The number of amides is 1. The molecule has 0 fully saturated rings. The highest BCUT2D eigenvalue weighted by molar-refractivity contribution is 5.97. The van der Waals surface area contributed by atoms with Gasteiger partial charge in [0, 0.05) is 0 Å². The second-order valence-electron chi connectivity index (χ2n) is 5.43. The molecule has 9 nitrogen and oxygen atoms in total. The quantitative estimate of drug-likeness (QED) is 0.675. The monoisotopic (exact) mass is 369 g/mol. The van der Waals surface area contributed by atoms with E-state index in [-0.39, 0.29) is 12.5 Å². The average molecular weight is 369 g/mol. The summed E-state index contributed by atoms with van der Waals surface area (Å²) in [4.78, 5) is 12.6. The summed E-state index contributed by atoms with van der Waals surface area (Å²) in [6, 6.07) is 12.4. The third kappa shape index (κ3) is 3.81. The molecule has 140 valence electrons. The van der Waals surface area contributed by atoms with E-state index in [1.165, 1.54) is 14.2 Å². The van der Waals surface area contributed by atoms with Gasteiger partial charge >= 0.3 is 0 Å². The van der Waals surface area contributed by atoms with E-state index >= 15 is 0 Å². The van der Waals surface area contributed by atoms with Crippen LogP contribution in [-0.2, 0) is 6.54 Å². The number of rotatable bonds is 7. The highest BCUT2D eigenvalue weighted by Gasteiger charge is 2.17. The molecule has 1 N–H and O–H groups in total. The Morgan fingerprint density at radius 2 is 1.81 bits per heavy atom. The fraction of sp³-hybridized carbons (Fsp3) is 0.222. The van der Waals surface area contributed by atoms with Gasteiger partial charge in [-0.05, 0) is 46.8 Å². The van der Waals surface area contributed by atoms with Gasteiger partial charge in [0.25, 0.3) is 5.91 Å². The van der Waals surface area contributed by atoms with Crippen molar-refractivity contribution in [1.29, 1.82) is 0 Å². The zero-order valence-electron chi connectivity index (χ0n) is 15.2. The first-order valence-electron chi connectivity index (χ1n) is 8.08. The lowest BCUT2D eigenvalue weighted by molar-refractivity contribution is 0.0946. The Morgan fingerprint density at radius 1 is 1.04 bits per heavy atom. The Kier molecular flexibility index (Phi) is 5.50. The van der Waals surface area contributed by atoms with Crippen molar-refractivity contribution in [2.24, 2.45) is 0 Å². The lowest BCUT2D eigenvalue weighted by Gasteiger charge is -2.12. The van der Waals surface area contributed by atoms with Crippen molar-refractivity contribution >= 4 is 5.91 Å². The number of hydrogen-bond acceptors (Lipinski definition) is 7. The van der Waals surface area contributed by atoms with Gasteiger partial charge in [-0.3, -0.25) is 4.79 Å². The summed E-state index contributed by atoms with van der Waals surface area (Å²) >= 11 is 0. The maximum absolute atomic E-state index is 12.6. The standard InChI is InChI=1S/C18H19N5O4/c1-25-13-9-7-12(8-10-13)23-16(20-21-22-23)11-19-18(24)14-5-4-6-15(26-2)17(14)27-3/h4-10H,11H2,1-3H3,(H,19,24). The summed E-state index contributed by atoms with van der Waals surface area (Å²) in [6.07, 6.45) is 0. The van der Waals surface area contributed by atoms with Gasteiger partial charge in [-0.15, -0.1) is 5.10 Å². The van der Waals surface area contributed by atoms with Gasteiger partial charge in [0.2, 0.25) is 0 Å². The Labute approximate surface area is 155 Å². The topological polar surface area (TPSA) is 100 Å². The molecule has 0 unspecified atom stereocenters. The fourth-order valence-corrected chi connectivity index (χ4v) is 2.56. The predicted octanol–water partition coefficient (Wildman–Crippen LogP) is 1.62. The van der Waals surface area contributed by atoms with Crippen LogP contribution in [0.4, 0.5) is 0 Å². The van der Waals surface area contributed by atoms with Crippen LogP contribution in [0, 0.1) is 0 Å². The van der Waals surface area contributed by atoms with Crippen LogP contribution in [0.25, 0.3) is 5.69 Å². The number of carbonyl (C=O) groups excluding carboxylic acids is 1. The Hall–Kier alpha value is -3.62. The molecule has 0 spiro atoms. The molecule has 1 amide bonds. The molecule has 0 bridgehead atoms. The van der Waals surface area contributed by atoms with Crippen LogP contribution in [0.15, 0.2) is 42.5 Å². The second-order valence-corrected chi connectivity index (χ2v) is 5.43. The minimum Gasteiger partial charge on any atom is -0.497 e. The number of tetrazole rings is 1. The molecule has 0 radical (unpaired) electrons. The Balaban J connectivity index is 1.76. The summed E-state index contributed by atoms with van der Waals surface area (Å²) in [5, 5.41) is 14.4. The summed E-state index contributed by atoms with van der Waals surface area (Å²) in [5.74, 6) is 1.73. The molecule has 0 aliphatic carbocycles. The first kappa shape index (κ1) is 18.2. The molecule has 0 saturated carbocycles. The van der Waals surface area contributed by atoms with Crippen molar-refractivity contribution in [2.75, 3.05) is 21.3 Å². The summed E-state index contributed by atoms with van der Waals surface area (Å²) in [5.41, 5.74) is 1.12. The van der Waals surface area contributed by atoms with E-state index in [4.69, 9.17) is 14.2 Å². The highest BCUT2D eigenvalue weighted by Crippen LogP contribution is 2.30. The van der Waals surface area contributed by atoms with Gasteiger partial charge in [0.15, 0.2) is 17.3 Å². The third-order valence-electron chi connectivity index (χ3n) is 3.91. The second kappa shape index (κ2) is 8.17. The molecule has 2 aromatic carbocycles. The number of benzene rings is 2. The maximum atomic E-state index is 12.6. The average Bonchev–Trinajstić information content (AvgIpc) is 3.19. The van der Waals surface area contributed by atoms with E-state index in [2.05, 4.69) is 20.8 Å². The van der Waals surface area contributed by atoms with Crippen molar-refractivity contribution in [3.8, 4) is 22.9 Å². The van der Waals surface area contributed by atoms with E-state index in [0.29, 0.717) is 22.9 Å². The molecule has 0 aliphatic heterocycles. The van der Waals surface area contributed by atoms with Gasteiger partial charge in [-0.1, -0.05) is 6.07 Å². The van der Waals surface area contributed by atoms with Crippen LogP contribution in [0.2, 0.25) is 0 Å². The summed E-state index contributed by atoms with van der Waals surface area (Å²) < 4.78 is 17.2. The predicted molar refractivity (Wildman–Crippen MR) is 96.4 cm³/mol. The van der Waals surface area contributed by atoms with Crippen molar-refractivity contribution in [2.45, 2.75) is 6.54 Å². The number of nitrogens with one attached hydrogen (secondary N) is 1. The van der Waals surface area contributed by atoms with Gasteiger partial charge in [0.1, 0.15) is 5.75 Å². The first-order chi connectivity index (χ1) is 13.2. The zero-order chi connectivity index (χ0) is 19.2. The minimum atomic E-state index is -0.324. The van der Waals surface area contributed by atoms with E-state index in [1.807, 2.05) is 12.1 Å². The molecular weight excluding hydrogens is 350 g/mol. The number of carbonyl (C=O) groups is 1. The highest BCUT2D eigenvalue weighted by atomic mass is 16.5. The number of ether oxygens (including phenoxy) is 3.